The number of pyridine rings is 1. The summed E-state index contributed by atoms with van der Waals surface area (Å²) in [6, 6.07) is 2.94. The van der Waals surface area contributed by atoms with Gasteiger partial charge in [-0.1, -0.05) is 11.6 Å². The van der Waals surface area contributed by atoms with Crippen LogP contribution in [0.2, 0.25) is 5.02 Å². The molecule has 19 heavy (non-hydrogen) atoms. The van der Waals surface area contributed by atoms with Crippen molar-refractivity contribution in [2.75, 3.05) is 0 Å². The molecule has 0 amide bonds. The molecule has 5 nitrogen and oxygen atoms in total. The van der Waals surface area contributed by atoms with Gasteiger partial charge in [0.2, 0.25) is 10.0 Å². The molecule has 2 aromatic heterocycles. The Morgan fingerprint density at radius 2 is 2.16 bits per heavy atom. The molecule has 2 N–H and O–H groups in total. The maximum absolute atomic E-state index is 12.0. The quantitative estimate of drug-likeness (QED) is 0.850. The van der Waals surface area contributed by atoms with Crippen molar-refractivity contribution >= 4 is 48.9 Å². The zero-order chi connectivity index (χ0) is 14.0. The van der Waals surface area contributed by atoms with Crippen LogP contribution in [0.3, 0.4) is 0 Å². The van der Waals surface area contributed by atoms with Crippen LogP contribution < -0.4 is 10.3 Å². The highest BCUT2D eigenvalue weighted by Gasteiger charge is 2.15. The first-order valence-corrected chi connectivity index (χ1v) is 8.53. The number of rotatable bonds is 4. The van der Waals surface area contributed by atoms with Gasteiger partial charge >= 0.3 is 0 Å². The Kier molecular flexibility index (Phi) is 4.46. The van der Waals surface area contributed by atoms with Crippen molar-refractivity contribution in [1.82, 2.24) is 9.71 Å². The molecular weight excluding hydrogens is 376 g/mol. The van der Waals surface area contributed by atoms with Gasteiger partial charge in [-0.2, -0.15) is 0 Å². The summed E-state index contributed by atoms with van der Waals surface area (Å²) >= 11 is 10.3. The van der Waals surface area contributed by atoms with Crippen LogP contribution >= 0.6 is 38.9 Å². The number of aromatic nitrogens is 1. The van der Waals surface area contributed by atoms with E-state index in [0.29, 0.717) is 0 Å². The minimum atomic E-state index is -3.70. The molecule has 2 rings (SSSR count). The Morgan fingerprint density at radius 3 is 2.74 bits per heavy atom. The lowest BCUT2D eigenvalue weighted by Gasteiger charge is -2.05. The van der Waals surface area contributed by atoms with Gasteiger partial charge < -0.3 is 4.98 Å². The third-order valence-corrected chi connectivity index (χ3v) is 5.56. The molecule has 102 valence electrons. The van der Waals surface area contributed by atoms with E-state index in [1.807, 2.05) is 11.4 Å². The molecule has 2 aromatic rings. The Labute approximate surface area is 126 Å². The lowest BCUT2D eigenvalue weighted by molar-refractivity contribution is 0.581. The highest BCUT2D eigenvalue weighted by Crippen LogP contribution is 2.20. The number of halogens is 2. The fourth-order valence-electron chi connectivity index (χ4n) is 1.29. The molecule has 0 spiro atoms. The summed E-state index contributed by atoms with van der Waals surface area (Å²) in [5, 5.41) is 1.70. The second kappa shape index (κ2) is 5.76. The minimum Gasteiger partial charge on any atom is -0.326 e. The van der Waals surface area contributed by atoms with Crippen molar-refractivity contribution < 1.29 is 8.42 Å². The third-order valence-electron chi connectivity index (χ3n) is 2.20. The summed E-state index contributed by atoms with van der Waals surface area (Å²) < 4.78 is 27.3. The monoisotopic (exact) mass is 382 g/mol. The van der Waals surface area contributed by atoms with Gasteiger partial charge in [0, 0.05) is 27.5 Å². The van der Waals surface area contributed by atoms with Crippen molar-refractivity contribution in [3.8, 4) is 0 Å². The number of thiophene rings is 1. The maximum atomic E-state index is 12.0. The molecule has 0 radical (unpaired) electrons. The SMILES string of the molecule is O=c1[nH]cc(S(=O)(=O)NCc2cc(Br)cs2)cc1Cl. The van der Waals surface area contributed by atoms with E-state index in [0.717, 1.165) is 21.6 Å². The van der Waals surface area contributed by atoms with Crippen LogP contribution in [0, 0.1) is 0 Å². The molecule has 0 aliphatic rings. The molecule has 0 aliphatic carbocycles. The molecule has 0 saturated heterocycles. The van der Waals surface area contributed by atoms with Gasteiger partial charge in [-0.3, -0.25) is 4.79 Å². The van der Waals surface area contributed by atoms with Gasteiger partial charge in [0.1, 0.15) is 5.02 Å². The predicted molar refractivity (Wildman–Crippen MR) is 78.1 cm³/mol. The number of aromatic amines is 1. The number of sulfonamides is 1. The lowest BCUT2D eigenvalue weighted by Crippen LogP contribution is -2.24. The van der Waals surface area contributed by atoms with E-state index in [9.17, 15) is 13.2 Å². The minimum absolute atomic E-state index is 0.0762. The molecule has 0 bridgehead atoms. The van der Waals surface area contributed by atoms with Crippen molar-refractivity contribution in [1.29, 1.82) is 0 Å². The Hall–Kier alpha value is -0.670. The molecule has 0 unspecified atom stereocenters. The Morgan fingerprint density at radius 1 is 1.42 bits per heavy atom. The van der Waals surface area contributed by atoms with Crippen LogP contribution in [0.4, 0.5) is 0 Å². The number of hydrogen-bond acceptors (Lipinski definition) is 4. The Bertz CT molecular complexity index is 754. The Balaban J connectivity index is 2.18. The van der Waals surface area contributed by atoms with Gasteiger partial charge in [0.25, 0.3) is 5.56 Å². The summed E-state index contributed by atoms with van der Waals surface area (Å²) in [6.07, 6.45) is 1.11. The molecule has 2 heterocycles. The average molecular weight is 384 g/mol. The molecule has 0 fully saturated rings. The fraction of sp³-hybridized carbons (Fsp3) is 0.100. The van der Waals surface area contributed by atoms with Crippen LogP contribution in [0.25, 0.3) is 0 Å². The van der Waals surface area contributed by atoms with Crippen molar-refractivity contribution in [2.45, 2.75) is 11.4 Å². The van der Waals surface area contributed by atoms with E-state index in [1.54, 1.807) is 0 Å². The zero-order valence-electron chi connectivity index (χ0n) is 9.31. The number of hydrogen-bond donors (Lipinski definition) is 2. The standard InChI is InChI=1S/C10H8BrClN2O3S2/c11-6-1-7(18-5-6)3-14-19(16,17)8-2-9(12)10(15)13-4-8/h1-2,4-5,14H,3H2,(H,13,15). The predicted octanol–water partition coefficient (Wildman–Crippen LogP) is 2.33. The first-order valence-electron chi connectivity index (χ1n) is 4.99. The molecule has 9 heteroatoms. The maximum Gasteiger partial charge on any atom is 0.266 e. The van der Waals surface area contributed by atoms with E-state index in [1.165, 1.54) is 11.3 Å². The van der Waals surface area contributed by atoms with Crippen LogP contribution in [0.5, 0.6) is 0 Å². The largest absolute Gasteiger partial charge is 0.326 e. The highest BCUT2D eigenvalue weighted by molar-refractivity contribution is 9.10. The van der Waals surface area contributed by atoms with Gasteiger partial charge in [-0.05, 0) is 28.1 Å². The van der Waals surface area contributed by atoms with Crippen LogP contribution in [-0.2, 0) is 16.6 Å². The first-order chi connectivity index (χ1) is 8.88. The van der Waals surface area contributed by atoms with E-state index in [4.69, 9.17) is 11.6 Å². The summed E-state index contributed by atoms with van der Waals surface area (Å²) in [5.74, 6) is 0. The van der Waals surface area contributed by atoms with Crippen LogP contribution in [0.15, 0.2) is 37.9 Å². The zero-order valence-corrected chi connectivity index (χ0v) is 13.3. The summed E-state index contributed by atoms with van der Waals surface area (Å²) in [4.78, 5) is 14.1. The smallest absolute Gasteiger partial charge is 0.266 e. The summed E-state index contributed by atoms with van der Waals surface area (Å²) in [6.45, 7) is 0.176. The van der Waals surface area contributed by atoms with Gasteiger partial charge in [-0.25, -0.2) is 13.1 Å². The molecule has 0 aliphatic heterocycles. The molecule has 0 atom stereocenters. The third kappa shape index (κ3) is 3.67. The number of nitrogens with one attached hydrogen (secondary N) is 2. The van der Waals surface area contributed by atoms with Crippen molar-refractivity contribution in [3.05, 3.63) is 48.4 Å². The van der Waals surface area contributed by atoms with E-state index in [-0.39, 0.29) is 16.5 Å². The van der Waals surface area contributed by atoms with E-state index >= 15 is 0 Å². The molecular formula is C10H8BrClN2O3S2. The first kappa shape index (κ1) is 14.7. The van der Waals surface area contributed by atoms with Crippen LogP contribution in [0.1, 0.15) is 4.88 Å². The van der Waals surface area contributed by atoms with E-state index in [2.05, 4.69) is 25.6 Å². The fourth-order valence-corrected chi connectivity index (χ4v) is 4.01. The highest BCUT2D eigenvalue weighted by atomic mass is 79.9. The van der Waals surface area contributed by atoms with E-state index < -0.39 is 15.6 Å². The second-order valence-electron chi connectivity index (χ2n) is 3.57. The van der Waals surface area contributed by atoms with Crippen molar-refractivity contribution in [3.63, 3.8) is 0 Å². The lowest BCUT2D eigenvalue weighted by atomic mass is 10.5. The van der Waals surface area contributed by atoms with Gasteiger partial charge in [-0.15, -0.1) is 11.3 Å². The number of H-pyrrole nitrogens is 1. The normalized spacial score (nSPS) is 11.7. The summed E-state index contributed by atoms with van der Waals surface area (Å²) in [5.41, 5.74) is -0.525. The van der Waals surface area contributed by atoms with Gasteiger partial charge in [0.15, 0.2) is 0 Å². The average Bonchev–Trinajstić information content (AvgIpc) is 2.76. The molecule has 0 saturated carbocycles. The van der Waals surface area contributed by atoms with Crippen LogP contribution in [-0.4, -0.2) is 13.4 Å². The topological polar surface area (TPSA) is 79.0 Å². The van der Waals surface area contributed by atoms with Gasteiger partial charge in [0.05, 0.1) is 4.90 Å². The molecule has 0 aromatic carbocycles. The summed E-state index contributed by atoms with van der Waals surface area (Å²) in [7, 11) is -3.70. The van der Waals surface area contributed by atoms with Crippen molar-refractivity contribution in [2.24, 2.45) is 0 Å². The second-order valence-corrected chi connectivity index (χ2v) is 7.65.